The molecule has 0 saturated carbocycles. The molecule has 2 rings (SSSR count). The Kier molecular flexibility index (Phi) is 7.45. The molecule has 0 bridgehead atoms. The van der Waals surface area contributed by atoms with Gasteiger partial charge in [-0.1, -0.05) is 0 Å². The molecule has 0 heterocycles. The number of nitrogens with one attached hydrogen (secondary N) is 2. The highest BCUT2D eigenvalue weighted by molar-refractivity contribution is 5.99. The molecule has 0 saturated heterocycles. The highest BCUT2D eigenvalue weighted by Crippen LogP contribution is 2.27. The molecule has 0 fully saturated rings. The minimum absolute atomic E-state index is 0.168. The van der Waals surface area contributed by atoms with Gasteiger partial charge in [-0.2, -0.15) is 0 Å². The van der Waals surface area contributed by atoms with Gasteiger partial charge in [0.05, 0.1) is 20.8 Å². The Morgan fingerprint density at radius 2 is 1.70 bits per heavy atom. The van der Waals surface area contributed by atoms with Crippen LogP contribution in [0.1, 0.15) is 10.4 Å². The highest BCUT2D eigenvalue weighted by atomic mass is 16.5. The summed E-state index contributed by atoms with van der Waals surface area (Å²) in [5, 5.41) is 5.26. The molecule has 8 nitrogen and oxygen atoms in total. The fraction of sp³-hybridized carbons (Fsp3) is 0.263. The zero-order valence-electron chi connectivity index (χ0n) is 15.3. The quantitative estimate of drug-likeness (QED) is 0.613. The SMILES string of the molecule is COc1ccc(C(=O)NCC(=O)Nc2ccc(OCCN)cc2)cc1OC. The molecule has 8 heteroatoms. The van der Waals surface area contributed by atoms with Crippen molar-refractivity contribution in [1.29, 1.82) is 0 Å². The van der Waals surface area contributed by atoms with E-state index < -0.39 is 5.91 Å². The van der Waals surface area contributed by atoms with Crippen LogP contribution in [0.5, 0.6) is 17.2 Å². The van der Waals surface area contributed by atoms with Crippen LogP contribution in [0.4, 0.5) is 5.69 Å². The lowest BCUT2D eigenvalue weighted by Crippen LogP contribution is -2.32. The molecule has 0 aliphatic heterocycles. The Bertz CT molecular complexity index is 777. The Morgan fingerprint density at radius 1 is 1.00 bits per heavy atom. The van der Waals surface area contributed by atoms with Crippen molar-refractivity contribution in [3.63, 3.8) is 0 Å². The summed E-state index contributed by atoms with van der Waals surface area (Å²) in [7, 11) is 3.00. The summed E-state index contributed by atoms with van der Waals surface area (Å²) in [5.74, 6) is 0.883. The Hall–Kier alpha value is -3.26. The second-order valence-corrected chi connectivity index (χ2v) is 5.46. The maximum atomic E-state index is 12.2. The summed E-state index contributed by atoms with van der Waals surface area (Å²) >= 11 is 0. The molecule has 0 aromatic heterocycles. The van der Waals surface area contributed by atoms with Crippen molar-refractivity contribution in [2.75, 3.05) is 39.2 Å². The predicted molar refractivity (Wildman–Crippen MR) is 102 cm³/mol. The van der Waals surface area contributed by atoms with E-state index in [0.717, 1.165) is 0 Å². The second-order valence-electron chi connectivity index (χ2n) is 5.46. The fourth-order valence-electron chi connectivity index (χ4n) is 2.26. The van der Waals surface area contributed by atoms with Crippen LogP contribution in [-0.4, -0.2) is 45.7 Å². The van der Waals surface area contributed by atoms with E-state index in [2.05, 4.69) is 10.6 Å². The first-order valence-electron chi connectivity index (χ1n) is 8.30. The maximum absolute atomic E-state index is 12.2. The summed E-state index contributed by atoms with van der Waals surface area (Å²) in [4.78, 5) is 24.2. The zero-order chi connectivity index (χ0) is 19.6. The summed E-state index contributed by atoms with van der Waals surface area (Å²) < 4.78 is 15.7. The number of methoxy groups -OCH3 is 2. The van der Waals surface area contributed by atoms with Gasteiger partial charge in [0.2, 0.25) is 5.91 Å². The molecule has 0 spiro atoms. The number of hydrogen-bond donors (Lipinski definition) is 3. The molecule has 144 valence electrons. The first kappa shape index (κ1) is 20.1. The number of hydrogen-bond acceptors (Lipinski definition) is 6. The zero-order valence-corrected chi connectivity index (χ0v) is 15.3. The van der Waals surface area contributed by atoms with E-state index >= 15 is 0 Å². The number of nitrogens with two attached hydrogens (primary N) is 1. The molecule has 0 unspecified atom stereocenters. The third-order valence-corrected chi connectivity index (χ3v) is 3.58. The van der Waals surface area contributed by atoms with Gasteiger partial charge >= 0.3 is 0 Å². The summed E-state index contributed by atoms with van der Waals surface area (Å²) in [6.07, 6.45) is 0. The van der Waals surface area contributed by atoms with Crippen LogP contribution < -0.4 is 30.6 Å². The standard InChI is InChI=1S/C19H23N3O5/c1-25-16-8-3-13(11-17(16)26-2)19(24)21-12-18(23)22-14-4-6-15(7-5-14)27-10-9-20/h3-8,11H,9-10,12,20H2,1-2H3,(H,21,24)(H,22,23). The Labute approximate surface area is 157 Å². The maximum Gasteiger partial charge on any atom is 0.251 e. The fourth-order valence-corrected chi connectivity index (χ4v) is 2.26. The molecule has 0 atom stereocenters. The van der Waals surface area contributed by atoms with Crippen LogP contribution >= 0.6 is 0 Å². The summed E-state index contributed by atoms with van der Waals surface area (Å²) in [6, 6.07) is 11.6. The third-order valence-electron chi connectivity index (χ3n) is 3.58. The minimum atomic E-state index is -0.392. The average Bonchev–Trinajstić information content (AvgIpc) is 2.70. The molecule has 2 aromatic carbocycles. The molecule has 2 amide bonds. The van der Waals surface area contributed by atoms with Gasteiger partial charge in [0.1, 0.15) is 12.4 Å². The number of carbonyl (C=O) groups is 2. The van der Waals surface area contributed by atoms with E-state index in [1.807, 2.05) is 0 Å². The van der Waals surface area contributed by atoms with Crippen molar-refractivity contribution in [3.8, 4) is 17.2 Å². The van der Waals surface area contributed by atoms with Crippen LogP contribution in [0.3, 0.4) is 0 Å². The van der Waals surface area contributed by atoms with Crippen LogP contribution in [-0.2, 0) is 4.79 Å². The van der Waals surface area contributed by atoms with Gasteiger partial charge in [-0.05, 0) is 42.5 Å². The monoisotopic (exact) mass is 373 g/mol. The smallest absolute Gasteiger partial charge is 0.251 e. The second kappa shape index (κ2) is 10.0. The van der Waals surface area contributed by atoms with E-state index in [4.69, 9.17) is 19.9 Å². The normalized spacial score (nSPS) is 10.0. The predicted octanol–water partition coefficient (Wildman–Crippen LogP) is 1.41. The summed E-state index contributed by atoms with van der Waals surface area (Å²) in [5.41, 5.74) is 6.33. The first-order valence-corrected chi connectivity index (χ1v) is 8.30. The molecule has 0 aliphatic rings. The van der Waals surface area contributed by atoms with Gasteiger partial charge in [-0.15, -0.1) is 0 Å². The van der Waals surface area contributed by atoms with E-state index in [1.165, 1.54) is 14.2 Å². The first-order chi connectivity index (χ1) is 13.1. The number of benzene rings is 2. The van der Waals surface area contributed by atoms with Crippen molar-refractivity contribution in [2.45, 2.75) is 0 Å². The minimum Gasteiger partial charge on any atom is -0.493 e. The molecule has 2 aromatic rings. The van der Waals surface area contributed by atoms with E-state index in [-0.39, 0.29) is 12.5 Å². The molecule has 0 radical (unpaired) electrons. The lowest BCUT2D eigenvalue weighted by atomic mass is 10.2. The van der Waals surface area contributed by atoms with Gasteiger partial charge in [-0.3, -0.25) is 9.59 Å². The number of anilines is 1. The van der Waals surface area contributed by atoms with Gasteiger partial charge in [0.25, 0.3) is 5.91 Å². The van der Waals surface area contributed by atoms with E-state index in [9.17, 15) is 9.59 Å². The van der Waals surface area contributed by atoms with Crippen LogP contribution in [0.15, 0.2) is 42.5 Å². The van der Waals surface area contributed by atoms with Gasteiger partial charge in [0.15, 0.2) is 11.5 Å². The van der Waals surface area contributed by atoms with Crippen molar-refractivity contribution in [3.05, 3.63) is 48.0 Å². The lowest BCUT2D eigenvalue weighted by Gasteiger charge is -2.10. The Morgan fingerprint density at radius 3 is 2.33 bits per heavy atom. The van der Waals surface area contributed by atoms with Crippen molar-refractivity contribution < 1.29 is 23.8 Å². The Balaban J connectivity index is 1.86. The van der Waals surface area contributed by atoms with E-state index in [0.29, 0.717) is 41.7 Å². The van der Waals surface area contributed by atoms with Crippen molar-refractivity contribution in [2.24, 2.45) is 5.73 Å². The summed E-state index contributed by atoms with van der Waals surface area (Å²) in [6.45, 7) is 0.685. The highest BCUT2D eigenvalue weighted by Gasteiger charge is 2.12. The van der Waals surface area contributed by atoms with E-state index in [1.54, 1.807) is 42.5 Å². The average molecular weight is 373 g/mol. The molecular formula is C19H23N3O5. The van der Waals surface area contributed by atoms with Crippen LogP contribution in [0.25, 0.3) is 0 Å². The van der Waals surface area contributed by atoms with Crippen LogP contribution in [0.2, 0.25) is 0 Å². The topological polar surface area (TPSA) is 112 Å². The molecule has 0 aliphatic carbocycles. The lowest BCUT2D eigenvalue weighted by molar-refractivity contribution is -0.115. The van der Waals surface area contributed by atoms with Gasteiger partial charge in [-0.25, -0.2) is 0 Å². The third kappa shape index (κ3) is 5.89. The van der Waals surface area contributed by atoms with Crippen LogP contribution in [0, 0.1) is 0 Å². The van der Waals surface area contributed by atoms with Crippen molar-refractivity contribution >= 4 is 17.5 Å². The largest absolute Gasteiger partial charge is 0.493 e. The number of rotatable bonds is 9. The molecule has 27 heavy (non-hydrogen) atoms. The molecule has 4 N–H and O–H groups in total. The van der Waals surface area contributed by atoms with Gasteiger partial charge < -0.3 is 30.6 Å². The number of ether oxygens (including phenoxy) is 3. The van der Waals surface area contributed by atoms with Crippen molar-refractivity contribution in [1.82, 2.24) is 5.32 Å². The molecular weight excluding hydrogens is 350 g/mol. The number of amides is 2. The number of carbonyl (C=O) groups excluding carboxylic acids is 2. The van der Waals surface area contributed by atoms with Gasteiger partial charge in [0, 0.05) is 17.8 Å².